The van der Waals surface area contributed by atoms with Crippen LogP contribution >= 0.6 is 23.4 Å². The van der Waals surface area contributed by atoms with Crippen molar-refractivity contribution in [2.45, 2.75) is 24.6 Å². The van der Waals surface area contributed by atoms with E-state index in [9.17, 15) is 17.6 Å². The van der Waals surface area contributed by atoms with Gasteiger partial charge in [0.2, 0.25) is 0 Å². The summed E-state index contributed by atoms with van der Waals surface area (Å²) >= 11 is 7.21. The molecule has 29 heavy (non-hydrogen) atoms. The highest BCUT2D eigenvalue weighted by Crippen LogP contribution is 2.41. The van der Waals surface area contributed by atoms with Gasteiger partial charge in [0.1, 0.15) is 5.82 Å². The van der Waals surface area contributed by atoms with Gasteiger partial charge < -0.3 is 4.90 Å². The summed E-state index contributed by atoms with van der Waals surface area (Å²) in [5.74, 6) is -0.895. The van der Waals surface area contributed by atoms with Crippen molar-refractivity contribution in [3.63, 3.8) is 0 Å². The van der Waals surface area contributed by atoms with E-state index in [-0.39, 0.29) is 40.1 Å². The first-order chi connectivity index (χ1) is 13.7. The Morgan fingerprint density at radius 3 is 2.66 bits per heavy atom. The third-order valence-corrected chi connectivity index (χ3v) is 8.44. The molecule has 0 aliphatic carbocycles. The molecule has 0 radical (unpaired) electrons. The van der Waals surface area contributed by atoms with Crippen LogP contribution in [0.2, 0.25) is 5.02 Å². The molecule has 1 amide bonds. The lowest BCUT2D eigenvalue weighted by Crippen LogP contribution is -2.37. The summed E-state index contributed by atoms with van der Waals surface area (Å²) in [6, 6.07) is 11.5. The maximum absolute atomic E-state index is 13.6. The molecule has 5 nitrogen and oxygen atoms in total. The monoisotopic (exact) mass is 452 g/mol. The Bertz CT molecular complexity index is 1100. The average Bonchev–Trinajstić information content (AvgIpc) is 3.10. The number of thioether (sulfide) groups is 1. The third kappa shape index (κ3) is 4.34. The van der Waals surface area contributed by atoms with Crippen LogP contribution in [0.15, 0.2) is 47.5 Å². The molecule has 9 heteroatoms. The predicted octanol–water partition coefficient (Wildman–Crippen LogP) is 3.63. The number of sulfone groups is 1. The van der Waals surface area contributed by atoms with Crippen LogP contribution in [-0.4, -0.2) is 42.3 Å². The largest absolute Gasteiger partial charge is 0.316 e. The first-order valence-electron chi connectivity index (χ1n) is 9.00. The van der Waals surface area contributed by atoms with Gasteiger partial charge in [-0.2, -0.15) is 4.99 Å². The van der Waals surface area contributed by atoms with E-state index in [0.717, 1.165) is 11.1 Å². The maximum Gasteiger partial charge on any atom is 0.252 e. The number of halogens is 2. The van der Waals surface area contributed by atoms with Gasteiger partial charge in [0, 0.05) is 10.9 Å². The van der Waals surface area contributed by atoms with Crippen LogP contribution in [0.1, 0.15) is 11.1 Å². The summed E-state index contributed by atoms with van der Waals surface area (Å²) in [5.41, 5.74) is 2.48. The van der Waals surface area contributed by atoms with E-state index in [1.54, 1.807) is 4.90 Å². The fourth-order valence-electron chi connectivity index (χ4n) is 3.53. The normalized spacial score (nSPS) is 24.1. The zero-order valence-electron chi connectivity index (χ0n) is 15.5. The fourth-order valence-corrected chi connectivity index (χ4v) is 7.63. The second-order valence-electron chi connectivity index (χ2n) is 7.22. The summed E-state index contributed by atoms with van der Waals surface area (Å²) in [5, 5.41) is 0.131. The summed E-state index contributed by atoms with van der Waals surface area (Å²) in [7, 11) is -3.18. The number of amides is 1. The minimum absolute atomic E-state index is 0.0267. The fraction of sp³-hybridized carbons (Fsp3) is 0.300. The number of hydrogen-bond donors (Lipinski definition) is 0. The van der Waals surface area contributed by atoms with E-state index in [2.05, 4.69) is 4.99 Å². The first kappa shape index (κ1) is 20.4. The zero-order chi connectivity index (χ0) is 20.8. The molecule has 0 spiro atoms. The van der Waals surface area contributed by atoms with Crippen molar-refractivity contribution in [3.8, 4) is 0 Å². The Kier molecular flexibility index (Phi) is 5.44. The minimum Gasteiger partial charge on any atom is -0.316 e. The number of anilines is 1. The number of fused-ring (bicyclic) bond motifs is 1. The van der Waals surface area contributed by atoms with Crippen LogP contribution in [0.5, 0.6) is 0 Å². The number of amidine groups is 1. The number of benzene rings is 2. The van der Waals surface area contributed by atoms with Crippen LogP contribution in [-0.2, 0) is 21.1 Å². The van der Waals surface area contributed by atoms with Gasteiger partial charge >= 0.3 is 0 Å². The van der Waals surface area contributed by atoms with Gasteiger partial charge in [0.15, 0.2) is 15.0 Å². The molecule has 2 fully saturated rings. The van der Waals surface area contributed by atoms with Gasteiger partial charge in [-0.25, -0.2) is 12.8 Å². The van der Waals surface area contributed by atoms with Crippen molar-refractivity contribution in [2.24, 2.45) is 4.99 Å². The molecule has 2 saturated heterocycles. The van der Waals surface area contributed by atoms with Crippen molar-refractivity contribution in [1.82, 2.24) is 0 Å². The van der Waals surface area contributed by atoms with Gasteiger partial charge in [0.05, 0.1) is 29.0 Å². The van der Waals surface area contributed by atoms with Crippen molar-refractivity contribution >= 4 is 50.0 Å². The number of aryl methyl sites for hydroxylation is 1. The summed E-state index contributed by atoms with van der Waals surface area (Å²) in [6.45, 7) is 1.97. The molecule has 2 aromatic carbocycles. The van der Waals surface area contributed by atoms with E-state index in [4.69, 9.17) is 11.6 Å². The number of hydrogen-bond acceptors (Lipinski definition) is 4. The molecule has 0 saturated carbocycles. The van der Waals surface area contributed by atoms with Gasteiger partial charge in [-0.05, 0) is 30.7 Å². The van der Waals surface area contributed by atoms with Gasteiger partial charge in [-0.1, -0.05) is 53.2 Å². The topological polar surface area (TPSA) is 66.8 Å². The molecule has 2 aliphatic rings. The Morgan fingerprint density at radius 2 is 1.97 bits per heavy atom. The van der Waals surface area contributed by atoms with E-state index in [1.807, 2.05) is 31.2 Å². The second-order valence-corrected chi connectivity index (χ2v) is 11.0. The summed E-state index contributed by atoms with van der Waals surface area (Å²) in [6.07, 6.45) is 0.149. The maximum atomic E-state index is 13.6. The number of carbonyl (C=O) groups excluding carboxylic acids is 1. The average molecular weight is 453 g/mol. The Hall–Kier alpha value is -1.90. The minimum atomic E-state index is -3.18. The SMILES string of the molecule is Cc1ccc(CC(=O)N=C2S[C@H]3CS(=O)(=O)C[C@@H]3N2c2ccc(F)c(Cl)c2)cc1. The summed E-state index contributed by atoms with van der Waals surface area (Å²) < 4.78 is 37.8. The number of rotatable bonds is 3. The standard InChI is InChI=1S/C20H18ClFN2O3S2/c1-12-2-4-13(5-3-12)8-19(25)23-20-24(14-6-7-16(22)15(21)9-14)17-10-29(26,27)11-18(17)28-20/h2-7,9,17-18H,8,10-11H2,1H3/t17-,18-/m0/s1. The van der Waals surface area contributed by atoms with Crippen LogP contribution in [0, 0.1) is 12.7 Å². The summed E-state index contributed by atoms with van der Waals surface area (Å²) in [4.78, 5) is 18.5. The van der Waals surface area contributed by atoms with Crippen molar-refractivity contribution in [1.29, 1.82) is 0 Å². The molecule has 152 valence electrons. The molecule has 0 N–H and O–H groups in total. The molecule has 0 unspecified atom stereocenters. The molecule has 2 aliphatic heterocycles. The van der Waals surface area contributed by atoms with Crippen molar-refractivity contribution in [2.75, 3.05) is 16.4 Å². The lowest BCUT2D eigenvalue weighted by atomic mass is 10.1. The molecule has 0 aromatic heterocycles. The predicted molar refractivity (Wildman–Crippen MR) is 115 cm³/mol. The van der Waals surface area contributed by atoms with Gasteiger partial charge in [-0.15, -0.1) is 0 Å². The number of aliphatic imine (C=N–C) groups is 1. The highest BCUT2D eigenvalue weighted by Gasteiger charge is 2.49. The van der Waals surface area contributed by atoms with E-state index >= 15 is 0 Å². The Balaban J connectivity index is 1.65. The van der Waals surface area contributed by atoms with Crippen LogP contribution in [0.4, 0.5) is 10.1 Å². The molecule has 2 aromatic rings. The Morgan fingerprint density at radius 1 is 1.24 bits per heavy atom. The van der Waals surface area contributed by atoms with Gasteiger partial charge in [0.25, 0.3) is 5.91 Å². The van der Waals surface area contributed by atoms with Gasteiger partial charge in [-0.3, -0.25) is 4.79 Å². The van der Waals surface area contributed by atoms with Crippen LogP contribution in [0.3, 0.4) is 0 Å². The van der Waals surface area contributed by atoms with Crippen LogP contribution < -0.4 is 4.90 Å². The van der Waals surface area contributed by atoms with E-state index in [1.165, 1.54) is 30.0 Å². The highest BCUT2D eigenvalue weighted by atomic mass is 35.5. The molecular formula is C20H18ClFN2O3S2. The highest BCUT2D eigenvalue weighted by molar-refractivity contribution is 8.16. The second kappa shape index (κ2) is 7.74. The first-order valence-corrected chi connectivity index (χ1v) is 12.1. The number of carbonyl (C=O) groups is 1. The zero-order valence-corrected chi connectivity index (χ0v) is 17.9. The third-order valence-electron chi connectivity index (χ3n) is 4.94. The Labute approximate surface area is 177 Å². The quantitative estimate of drug-likeness (QED) is 0.711. The molecule has 2 heterocycles. The van der Waals surface area contributed by atoms with Crippen molar-refractivity contribution in [3.05, 3.63) is 64.4 Å². The smallest absolute Gasteiger partial charge is 0.252 e. The lowest BCUT2D eigenvalue weighted by Gasteiger charge is -2.24. The lowest BCUT2D eigenvalue weighted by molar-refractivity contribution is -0.117. The molecule has 2 atom stereocenters. The van der Waals surface area contributed by atoms with E-state index in [0.29, 0.717) is 10.9 Å². The molecular weight excluding hydrogens is 435 g/mol. The molecule has 4 rings (SSSR count). The van der Waals surface area contributed by atoms with Crippen LogP contribution in [0.25, 0.3) is 0 Å². The number of nitrogens with zero attached hydrogens (tertiary/aromatic N) is 2. The van der Waals surface area contributed by atoms with E-state index < -0.39 is 15.7 Å². The van der Waals surface area contributed by atoms with Crippen molar-refractivity contribution < 1.29 is 17.6 Å². The molecule has 0 bridgehead atoms.